The molecule has 222 valence electrons. The van der Waals surface area contributed by atoms with Gasteiger partial charge in [-0.2, -0.15) is 0 Å². The number of hydrogen-bond donors (Lipinski definition) is 0. The molecule has 1 heterocycles. The van der Waals surface area contributed by atoms with Crippen molar-refractivity contribution >= 4 is 11.8 Å². The third-order valence-corrected chi connectivity index (χ3v) is 8.29. The largest absolute Gasteiger partial charge is 0.330 e. The van der Waals surface area contributed by atoms with Crippen LogP contribution in [0.3, 0.4) is 0 Å². The Hall–Kier alpha value is -5.03. The lowest BCUT2D eigenvalue weighted by molar-refractivity contribution is 0.0722. The molecule has 0 aliphatic rings. The van der Waals surface area contributed by atoms with Gasteiger partial charge in [-0.05, 0) is 84.3 Å². The molecule has 0 saturated heterocycles. The second-order valence-corrected chi connectivity index (χ2v) is 11.5. The van der Waals surface area contributed by atoms with Gasteiger partial charge in [0.05, 0.1) is 0 Å². The lowest BCUT2D eigenvalue weighted by Crippen LogP contribution is -2.33. The lowest BCUT2D eigenvalue weighted by Gasteiger charge is -2.26. The first kappa shape index (κ1) is 30.4. The van der Waals surface area contributed by atoms with Crippen LogP contribution in [0, 0.1) is 27.7 Å². The number of aryl methyl sites for hydroxylation is 4. The van der Waals surface area contributed by atoms with Crippen LogP contribution in [0.1, 0.15) is 65.4 Å². The predicted molar refractivity (Wildman–Crippen MR) is 176 cm³/mol. The van der Waals surface area contributed by atoms with Crippen molar-refractivity contribution in [1.82, 2.24) is 14.8 Å². The van der Waals surface area contributed by atoms with Crippen LogP contribution in [0.5, 0.6) is 0 Å². The van der Waals surface area contributed by atoms with Gasteiger partial charge in [-0.25, -0.2) is 0 Å². The van der Waals surface area contributed by atoms with Gasteiger partial charge < -0.3 is 9.80 Å². The van der Waals surface area contributed by atoms with Gasteiger partial charge in [-0.3, -0.25) is 14.6 Å². The van der Waals surface area contributed by atoms with Crippen LogP contribution in [0.4, 0.5) is 0 Å². The molecule has 0 spiro atoms. The molecule has 4 aromatic carbocycles. The molecule has 0 bridgehead atoms. The van der Waals surface area contributed by atoms with Crippen molar-refractivity contribution in [3.8, 4) is 0 Å². The highest BCUT2D eigenvalue weighted by Gasteiger charge is 2.23. The molecule has 5 heteroatoms. The fraction of sp³-hybridized carbons (Fsp3) is 0.205. The van der Waals surface area contributed by atoms with E-state index in [0.29, 0.717) is 31.7 Å². The standard InChI is InChI=1S/C39H39N3O2/c1-28-13-5-9-17-33(28)24-41(25-34-18-10-6-14-29(34)2)38(43)32-21-22-40-37(23-32)39(44)42(26-35-19-11-7-15-30(35)3)27-36-20-12-8-16-31(36)4/h5-23H,24-27H2,1-4H3. The van der Waals surface area contributed by atoms with E-state index in [9.17, 15) is 9.59 Å². The summed E-state index contributed by atoms with van der Waals surface area (Å²) in [6.07, 6.45) is 1.57. The number of amides is 2. The van der Waals surface area contributed by atoms with Gasteiger partial charge in [0, 0.05) is 37.9 Å². The van der Waals surface area contributed by atoms with Crippen LogP contribution < -0.4 is 0 Å². The summed E-state index contributed by atoms with van der Waals surface area (Å²) in [6.45, 7) is 10.0. The maximum Gasteiger partial charge on any atom is 0.273 e. The molecule has 1 aromatic heterocycles. The van der Waals surface area contributed by atoms with Gasteiger partial charge in [0.2, 0.25) is 0 Å². The molecule has 0 N–H and O–H groups in total. The molecule has 0 saturated carbocycles. The quantitative estimate of drug-likeness (QED) is 0.168. The van der Waals surface area contributed by atoms with E-state index in [4.69, 9.17) is 0 Å². The second kappa shape index (κ2) is 14.0. The summed E-state index contributed by atoms with van der Waals surface area (Å²) in [5, 5.41) is 0. The van der Waals surface area contributed by atoms with E-state index in [1.165, 1.54) is 0 Å². The molecule has 0 radical (unpaired) electrons. The van der Waals surface area contributed by atoms with Crippen molar-refractivity contribution in [3.63, 3.8) is 0 Å². The highest BCUT2D eigenvalue weighted by atomic mass is 16.2. The number of carbonyl (C=O) groups is 2. The van der Waals surface area contributed by atoms with Gasteiger partial charge in [0.25, 0.3) is 11.8 Å². The van der Waals surface area contributed by atoms with Crippen molar-refractivity contribution in [2.45, 2.75) is 53.9 Å². The van der Waals surface area contributed by atoms with Gasteiger partial charge >= 0.3 is 0 Å². The van der Waals surface area contributed by atoms with Gasteiger partial charge in [-0.15, -0.1) is 0 Å². The van der Waals surface area contributed by atoms with Crippen LogP contribution in [0.2, 0.25) is 0 Å². The molecule has 2 amide bonds. The molecule has 44 heavy (non-hydrogen) atoms. The summed E-state index contributed by atoms with van der Waals surface area (Å²) in [5.41, 5.74) is 9.51. The Kier molecular flexibility index (Phi) is 9.65. The monoisotopic (exact) mass is 581 g/mol. The minimum Gasteiger partial charge on any atom is -0.330 e. The van der Waals surface area contributed by atoms with Gasteiger partial charge in [-0.1, -0.05) is 97.1 Å². The predicted octanol–water partition coefficient (Wildman–Crippen LogP) is 8.00. The third-order valence-electron chi connectivity index (χ3n) is 8.29. The number of benzene rings is 4. The van der Waals surface area contributed by atoms with Crippen LogP contribution in [0.15, 0.2) is 115 Å². The Balaban J connectivity index is 1.47. The van der Waals surface area contributed by atoms with Crippen LogP contribution >= 0.6 is 0 Å². The Labute approximate surface area is 260 Å². The average molecular weight is 582 g/mol. The van der Waals surface area contributed by atoms with Crippen molar-refractivity contribution in [3.05, 3.63) is 171 Å². The van der Waals surface area contributed by atoms with E-state index in [-0.39, 0.29) is 17.5 Å². The van der Waals surface area contributed by atoms with Crippen molar-refractivity contribution in [1.29, 1.82) is 0 Å². The van der Waals surface area contributed by atoms with E-state index in [1.807, 2.05) is 58.3 Å². The van der Waals surface area contributed by atoms with Crippen LogP contribution in [-0.4, -0.2) is 26.6 Å². The SMILES string of the molecule is Cc1ccccc1CN(Cc1ccccc1C)C(=O)c1ccnc(C(=O)N(Cc2ccccc2C)Cc2ccccc2C)c1. The van der Waals surface area contributed by atoms with Crippen molar-refractivity contribution in [2.75, 3.05) is 0 Å². The fourth-order valence-corrected chi connectivity index (χ4v) is 5.40. The number of aromatic nitrogens is 1. The minimum absolute atomic E-state index is 0.141. The van der Waals surface area contributed by atoms with Gasteiger partial charge in [0.15, 0.2) is 0 Å². The highest BCUT2D eigenvalue weighted by Crippen LogP contribution is 2.21. The Bertz CT molecular complexity index is 1560. The van der Waals surface area contributed by atoms with E-state index >= 15 is 0 Å². The van der Waals surface area contributed by atoms with Gasteiger partial charge in [0.1, 0.15) is 5.69 Å². The lowest BCUT2D eigenvalue weighted by atomic mass is 10.0. The van der Waals surface area contributed by atoms with Crippen LogP contribution in [0.25, 0.3) is 0 Å². The maximum absolute atomic E-state index is 14.2. The van der Waals surface area contributed by atoms with E-state index in [1.54, 1.807) is 18.3 Å². The number of hydrogen-bond acceptors (Lipinski definition) is 3. The smallest absolute Gasteiger partial charge is 0.273 e. The first-order valence-corrected chi connectivity index (χ1v) is 15.0. The molecule has 5 aromatic rings. The third kappa shape index (κ3) is 7.30. The summed E-state index contributed by atoms with van der Waals surface area (Å²) in [4.78, 5) is 36.4. The Morgan fingerprint density at radius 1 is 0.500 bits per heavy atom. The molecule has 5 nitrogen and oxygen atoms in total. The number of carbonyl (C=O) groups excluding carboxylic acids is 2. The molecular formula is C39H39N3O2. The molecular weight excluding hydrogens is 542 g/mol. The maximum atomic E-state index is 14.2. The fourth-order valence-electron chi connectivity index (χ4n) is 5.40. The normalized spacial score (nSPS) is 10.8. The molecule has 0 fully saturated rings. The summed E-state index contributed by atoms with van der Waals surface area (Å²) in [5.74, 6) is -0.354. The van der Waals surface area contributed by atoms with E-state index < -0.39 is 0 Å². The summed E-state index contributed by atoms with van der Waals surface area (Å²) in [6, 6.07) is 35.8. The summed E-state index contributed by atoms with van der Waals surface area (Å²) in [7, 11) is 0. The topological polar surface area (TPSA) is 53.5 Å². The summed E-state index contributed by atoms with van der Waals surface area (Å²) >= 11 is 0. The zero-order valence-electron chi connectivity index (χ0n) is 26.0. The number of pyridine rings is 1. The number of rotatable bonds is 10. The average Bonchev–Trinajstić information content (AvgIpc) is 3.03. The second-order valence-electron chi connectivity index (χ2n) is 11.5. The highest BCUT2D eigenvalue weighted by molar-refractivity contribution is 5.98. The van der Waals surface area contributed by atoms with E-state index in [0.717, 1.165) is 44.5 Å². The van der Waals surface area contributed by atoms with Crippen LogP contribution in [-0.2, 0) is 26.2 Å². The zero-order chi connectivity index (χ0) is 31.1. The molecule has 0 aliphatic carbocycles. The first-order chi connectivity index (χ1) is 21.3. The minimum atomic E-state index is -0.212. The molecule has 0 atom stereocenters. The zero-order valence-corrected chi connectivity index (χ0v) is 26.0. The Morgan fingerprint density at radius 2 is 0.841 bits per heavy atom. The molecule has 0 aliphatic heterocycles. The Morgan fingerprint density at radius 3 is 1.20 bits per heavy atom. The van der Waals surface area contributed by atoms with Crippen molar-refractivity contribution in [2.24, 2.45) is 0 Å². The summed E-state index contributed by atoms with van der Waals surface area (Å²) < 4.78 is 0. The molecule has 5 rings (SSSR count). The number of nitrogens with zero attached hydrogens (tertiary/aromatic N) is 3. The van der Waals surface area contributed by atoms with Crippen molar-refractivity contribution < 1.29 is 9.59 Å². The first-order valence-electron chi connectivity index (χ1n) is 15.0. The molecule has 0 unspecified atom stereocenters. The van der Waals surface area contributed by atoms with E-state index in [2.05, 4.69) is 81.2 Å².